The summed E-state index contributed by atoms with van der Waals surface area (Å²) in [6.45, 7) is 0. The lowest BCUT2D eigenvalue weighted by Gasteiger charge is -2.05. The number of Topliss-reactive ketones (excluding diaryl/α,β-unsaturated/α-hetero) is 1. The standard InChI is InChI=1S/C15H16O5/c1-19-13-12(14(17)20-15(13)18)9-11(16)8-7-10-5-3-2-4-6-10/h2-6,15,18H,7-9H2,1H3/t15-/m0/s1. The van der Waals surface area contributed by atoms with E-state index in [4.69, 9.17) is 4.74 Å². The Morgan fingerprint density at radius 3 is 2.70 bits per heavy atom. The van der Waals surface area contributed by atoms with Crippen molar-refractivity contribution in [3.63, 3.8) is 0 Å². The zero-order chi connectivity index (χ0) is 14.5. The monoisotopic (exact) mass is 276 g/mol. The minimum Gasteiger partial charge on any atom is -0.494 e. The molecule has 1 N–H and O–H groups in total. The maximum Gasteiger partial charge on any atom is 0.340 e. The lowest BCUT2D eigenvalue weighted by atomic mass is 10.0. The normalized spacial score (nSPS) is 18.1. The quantitative estimate of drug-likeness (QED) is 0.794. The summed E-state index contributed by atoms with van der Waals surface area (Å²) in [5.74, 6) is -0.755. The van der Waals surface area contributed by atoms with Crippen molar-refractivity contribution in [3.05, 3.63) is 47.2 Å². The fraction of sp³-hybridized carbons (Fsp3) is 0.333. The Morgan fingerprint density at radius 2 is 2.05 bits per heavy atom. The highest BCUT2D eigenvalue weighted by atomic mass is 16.7. The second-order valence-corrected chi connectivity index (χ2v) is 4.51. The summed E-state index contributed by atoms with van der Waals surface area (Å²) in [4.78, 5) is 23.4. The fourth-order valence-corrected chi connectivity index (χ4v) is 2.07. The SMILES string of the molecule is COC1=C(CC(=O)CCc2ccccc2)C(=O)O[C@@H]1O. The third-order valence-corrected chi connectivity index (χ3v) is 3.12. The minimum absolute atomic E-state index is 0.0306. The van der Waals surface area contributed by atoms with Gasteiger partial charge in [-0.3, -0.25) is 4.79 Å². The summed E-state index contributed by atoms with van der Waals surface area (Å²) in [7, 11) is 1.33. The van der Waals surface area contributed by atoms with E-state index in [0.29, 0.717) is 12.8 Å². The molecule has 0 fully saturated rings. The first kappa shape index (κ1) is 14.3. The molecular weight excluding hydrogens is 260 g/mol. The molecule has 0 unspecified atom stereocenters. The highest BCUT2D eigenvalue weighted by Gasteiger charge is 2.34. The first-order valence-electron chi connectivity index (χ1n) is 6.33. The predicted molar refractivity (Wildman–Crippen MR) is 70.5 cm³/mol. The number of aliphatic hydroxyl groups is 1. The van der Waals surface area contributed by atoms with E-state index in [1.807, 2.05) is 30.3 Å². The van der Waals surface area contributed by atoms with Gasteiger partial charge in [0.15, 0.2) is 5.76 Å². The van der Waals surface area contributed by atoms with Crippen molar-refractivity contribution in [2.75, 3.05) is 7.11 Å². The van der Waals surface area contributed by atoms with E-state index >= 15 is 0 Å². The van der Waals surface area contributed by atoms with Crippen LogP contribution in [0.3, 0.4) is 0 Å². The van der Waals surface area contributed by atoms with Crippen molar-refractivity contribution >= 4 is 11.8 Å². The van der Waals surface area contributed by atoms with Crippen LogP contribution in [0.25, 0.3) is 0 Å². The van der Waals surface area contributed by atoms with Crippen LogP contribution >= 0.6 is 0 Å². The maximum atomic E-state index is 11.9. The maximum absolute atomic E-state index is 11.9. The Hall–Kier alpha value is -2.14. The summed E-state index contributed by atoms with van der Waals surface area (Å²) in [6, 6.07) is 9.63. The van der Waals surface area contributed by atoms with Gasteiger partial charge in [0.2, 0.25) is 0 Å². The highest BCUT2D eigenvalue weighted by Crippen LogP contribution is 2.25. The predicted octanol–water partition coefficient (Wildman–Crippen LogP) is 1.35. The number of methoxy groups -OCH3 is 1. The summed E-state index contributed by atoms with van der Waals surface area (Å²) < 4.78 is 9.51. The van der Waals surface area contributed by atoms with Crippen molar-refractivity contribution in [2.45, 2.75) is 25.6 Å². The molecular formula is C15H16O5. The van der Waals surface area contributed by atoms with Crippen LogP contribution in [0, 0.1) is 0 Å². The zero-order valence-electron chi connectivity index (χ0n) is 11.2. The van der Waals surface area contributed by atoms with Crippen LogP contribution in [-0.2, 0) is 25.5 Å². The molecule has 0 spiro atoms. The van der Waals surface area contributed by atoms with Crippen molar-refractivity contribution in [2.24, 2.45) is 0 Å². The van der Waals surface area contributed by atoms with Crippen LogP contribution in [0.4, 0.5) is 0 Å². The van der Waals surface area contributed by atoms with Crippen LogP contribution in [-0.4, -0.2) is 30.3 Å². The van der Waals surface area contributed by atoms with E-state index in [1.54, 1.807) is 0 Å². The number of ether oxygens (including phenoxy) is 2. The van der Waals surface area contributed by atoms with Crippen LogP contribution in [0.5, 0.6) is 0 Å². The lowest BCUT2D eigenvalue weighted by Crippen LogP contribution is -2.10. The van der Waals surface area contributed by atoms with Gasteiger partial charge in [-0.2, -0.15) is 0 Å². The van der Waals surface area contributed by atoms with E-state index < -0.39 is 12.3 Å². The Labute approximate surface area is 116 Å². The molecule has 0 amide bonds. The first-order chi connectivity index (χ1) is 9.61. The Kier molecular flexibility index (Phi) is 4.53. The number of rotatable bonds is 6. The number of ketones is 1. The summed E-state index contributed by atoms with van der Waals surface area (Å²) in [5.41, 5.74) is 1.17. The number of benzene rings is 1. The molecule has 0 aromatic heterocycles. The average molecular weight is 276 g/mol. The molecule has 0 aliphatic carbocycles. The van der Waals surface area contributed by atoms with Gasteiger partial charge < -0.3 is 14.6 Å². The van der Waals surface area contributed by atoms with Gasteiger partial charge in [-0.05, 0) is 12.0 Å². The molecule has 5 heteroatoms. The molecule has 0 saturated heterocycles. The fourth-order valence-electron chi connectivity index (χ4n) is 2.07. The van der Waals surface area contributed by atoms with Gasteiger partial charge in [-0.25, -0.2) is 4.79 Å². The molecule has 2 rings (SSSR count). The van der Waals surface area contributed by atoms with Gasteiger partial charge in [-0.15, -0.1) is 0 Å². The van der Waals surface area contributed by atoms with E-state index in [0.717, 1.165) is 5.56 Å². The minimum atomic E-state index is -1.40. The van der Waals surface area contributed by atoms with Crippen LogP contribution in [0.15, 0.2) is 41.7 Å². The summed E-state index contributed by atoms with van der Waals surface area (Å²) in [6.07, 6.45) is -0.531. The molecule has 0 saturated carbocycles. The second-order valence-electron chi connectivity index (χ2n) is 4.51. The molecule has 106 valence electrons. The highest BCUT2D eigenvalue weighted by molar-refractivity contribution is 5.98. The van der Waals surface area contributed by atoms with Crippen LogP contribution in [0.1, 0.15) is 18.4 Å². The summed E-state index contributed by atoms with van der Waals surface area (Å²) >= 11 is 0. The average Bonchev–Trinajstić information content (AvgIpc) is 2.71. The molecule has 5 nitrogen and oxygen atoms in total. The Bertz CT molecular complexity index is 532. The lowest BCUT2D eigenvalue weighted by molar-refractivity contribution is -0.154. The van der Waals surface area contributed by atoms with Gasteiger partial charge in [0.1, 0.15) is 5.78 Å². The number of carbonyl (C=O) groups is 2. The van der Waals surface area contributed by atoms with Gasteiger partial charge in [0, 0.05) is 12.8 Å². The molecule has 1 aromatic carbocycles. The van der Waals surface area contributed by atoms with E-state index in [9.17, 15) is 14.7 Å². The van der Waals surface area contributed by atoms with Gasteiger partial charge >= 0.3 is 5.97 Å². The smallest absolute Gasteiger partial charge is 0.340 e. The van der Waals surface area contributed by atoms with Crippen molar-refractivity contribution < 1.29 is 24.2 Å². The number of esters is 1. The topological polar surface area (TPSA) is 72.8 Å². The second kappa shape index (κ2) is 6.34. The molecule has 0 bridgehead atoms. The third kappa shape index (κ3) is 3.24. The number of aryl methyl sites for hydroxylation is 1. The molecule has 1 aliphatic rings. The number of carbonyl (C=O) groups excluding carboxylic acids is 2. The third-order valence-electron chi connectivity index (χ3n) is 3.12. The molecule has 0 radical (unpaired) electrons. The Morgan fingerprint density at radius 1 is 1.35 bits per heavy atom. The number of hydrogen-bond donors (Lipinski definition) is 1. The number of cyclic esters (lactones) is 1. The summed E-state index contributed by atoms with van der Waals surface area (Å²) in [5, 5.41) is 9.41. The van der Waals surface area contributed by atoms with Crippen LogP contribution < -0.4 is 0 Å². The van der Waals surface area contributed by atoms with Crippen molar-refractivity contribution in [1.82, 2.24) is 0 Å². The van der Waals surface area contributed by atoms with Crippen molar-refractivity contribution in [3.8, 4) is 0 Å². The van der Waals surface area contributed by atoms with Crippen LogP contribution in [0.2, 0.25) is 0 Å². The molecule has 20 heavy (non-hydrogen) atoms. The first-order valence-corrected chi connectivity index (χ1v) is 6.33. The Balaban J connectivity index is 1.94. The molecule has 1 aliphatic heterocycles. The largest absolute Gasteiger partial charge is 0.494 e. The van der Waals surface area contributed by atoms with Crippen molar-refractivity contribution in [1.29, 1.82) is 0 Å². The van der Waals surface area contributed by atoms with E-state index in [1.165, 1.54) is 7.11 Å². The molecule has 1 atom stereocenters. The van der Waals surface area contributed by atoms with Gasteiger partial charge in [0.25, 0.3) is 6.29 Å². The number of aliphatic hydroxyl groups excluding tert-OH is 1. The van der Waals surface area contributed by atoms with E-state index in [2.05, 4.69) is 4.74 Å². The van der Waals surface area contributed by atoms with E-state index in [-0.39, 0.29) is 23.5 Å². The van der Waals surface area contributed by atoms with Gasteiger partial charge in [-0.1, -0.05) is 30.3 Å². The molecule has 1 heterocycles. The molecule has 1 aromatic rings. The van der Waals surface area contributed by atoms with Gasteiger partial charge in [0.05, 0.1) is 12.7 Å². The zero-order valence-corrected chi connectivity index (χ0v) is 11.2. The number of hydrogen-bond acceptors (Lipinski definition) is 5.